The van der Waals surface area contributed by atoms with E-state index in [0.29, 0.717) is 0 Å². The minimum atomic E-state index is 0.759. The summed E-state index contributed by atoms with van der Waals surface area (Å²) >= 11 is 0. The second-order valence-electron chi connectivity index (χ2n) is 4.37. The summed E-state index contributed by atoms with van der Waals surface area (Å²) in [5.74, 6) is 0.902. The van der Waals surface area contributed by atoms with Gasteiger partial charge in [0.2, 0.25) is 0 Å². The fraction of sp³-hybridized carbons (Fsp3) is 0.538. The fourth-order valence-corrected chi connectivity index (χ4v) is 2.05. The number of nitrogens with two attached hydrogens (primary N) is 1. The summed E-state index contributed by atoms with van der Waals surface area (Å²) in [6.45, 7) is 4.27. The van der Waals surface area contributed by atoms with Gasteiger partial charge < -0.3 is 10.5 Å². The quantitative estimate of drug-likeness (QED) is 0.774. The van der Waals surface area contributed by atoms with Crippen molar-refractivity contribution in [3.8, 4) is 5.75 Å². The summed E-state index contributed by atoms with van der Waals surface area (Å²) in [5.41, 5.74) is 7.73. The predicted molar refractivity (Wildman–Crippen MR) is 66.5 cm³/mol. The van der Waals surface area contributed by atoms with Crippen LogP contribution >= 0.6 is 0 Å². The number of nitrogens with zero attached hydrogens (tertiary/aromatic N) is 1. The molecule has 1 aliphatic rings. The van der Waals surface area contributed by atoms with E-state index in [-0.39, 0.29) is 0 Å². The highest BCUT2D eigenvalue weighted by Crippen LogP contribution is 2.30. The van der Waals surface area contributed by atoms with Crippen molar-refractivity contribution >= 4 is 5.69 Å². The number of hydrogen-bond acceptors (Lipinski definition) is 3. The molecular formula is C13H20N2O. The molecule has 1 aliphatic carbocycles. The molecule has 0 amide bonds. The molecule has 1 aromatic carbocycles. The molecule has 1 saturated carbocycles. The van der Waals surface area contributed by atoms with E-state index in [1.807, 2.05) is 12.1 Å². The molecule has 2 N–H and O–H groups in total. The summed E-state index contributed by atoms with van der Waals surface area (Å²) in [6.07, 6.45) is 2.68. The molecule has 0 unspecified atom stereocenters. The number of hydrogen-bond donors (Lipinski definition) is 1. The molecule has 1 aromatic rings. The Morgan fingerprint density at radius 2 is 2.19 bits per heavy atom. The van der Waals surface area contributed by atoms with E-state index < -0.39 is 0 Å². The van der Waals surface area contributed by atoms with Gasteiger partial charge in [0.25, 0.3) is 0 Å². The van der Waals surface area contributed by atoms with Crippen molar-refractivity contribution < 1.29 is 4.74 Å². The van der Waals surface area contributed by atoms with Gasteiger partial charge in [0.1, 0.15) is 5.75 Å². The average molecular weight is 220 g/mol. The Hall–Kier alpha value is -1.22. The maximum absolute atomic E-state index is 5.74. The van der Waals surface area contributed by atoms with Gasteiger partial charge in [-0.25, -0.2) is 0 Å². The van der Waals surface area contributed by atoms with E-state index in [2.05, 4.69) is 17.9 Å². The van der Waals surface area contributed by atoms with Crippen LogP contribution in [0.2, 0.25) is 0 Å². The predicted octanol–water partition coefficient (Wildman–Crippen LogP) is 2.26. The van der Waals surface area contributed by atoms with Crippen molar-refractivity contribution in [1.29, 1.82) is 0 Å². The number of rotatable bonds is 5. The van der Waals surface area contributed by atoms with Crippen LogP contribution in [0.25, 0.3) is 0 Å². The maximum atomic E-state index is 5.74. The van der Waals surface area contributed by atoms with Crippen LogP contribution in [0.1, 0.15) is 25.3 Å². The van der Waals surface area contributed by atoms with Crippen LogP contribution in [0.4, 0.5) is 5.69 Å². The lowest BCUT2D eigenvalue weighted by Gasteiger charge is -2.21. The van der Waals surface area contributed by atoms with E-state index in [1.54, 1.807) is 7.11 Å². The van der Waals surface area contributed by atoms with E-state index in [1.165, 1.54) is 18.4 Å². The van der Waals surface area contributed by atoms with Gasteiger partial charge in [0, 0.05) is 29.9 Å². The number of ether oxygens (including phenoxy) is 1. The van der Waals surface area contributed by atoms with Crippen molar-refractivity contribution in [1.82, 2.24) is 4.90 Å². The summed E-state index contributed by atoms with van der Waals surface area (Å²) in [5, 5.41) is 0. The lowest BCUT2D eigenvalue weighted by atomic mass is 10.1. The summed E-state index contributed by atoms with van der Waals surface area (Å²) < 4.78 is 5.37. The third-order valence-corrected chi connectivity index (χ3v) is 3.15. The summed E-state index contributed by atoms with van der Waals surface area (Å²) in [6, 6.07) is 6.70. The first-order valence-electron chi connectivity index (χ1n) is 5.91. The Kier molecular flexibility index (Phi) is 3.34. The van der Waals surface area contributed by atoms with Crippen LogP contribution in [0.3, 0.4) is 0 Å². The van der Waals surface area contributed by atoms with Crippen LogP contribution < -0.4 is 10.5 Å². The van der Waals surface area contributed by atoms with Gasteiger partial charge >= 0.3 is 0 Å². The molecule has 88 valence electrons. The molecule has 0 aliphatic heterocycles. The molecule has 16 heavy (non-hydrogen) atoms. The van der Waals surface area contributed by atoms with Crippen molar-refractivity contribution in [3.63, 3.8) is 0 Å². The molecule has 0 atom stereocenters. The molecule has 0 radical (unpaired) electrons. The fourth-order valence-electron chi connectivity index (χ4n) is 2.05. The Morgan fingerprint density at radius 1 is 1.44 bits per heavy atom. The van der Waals surface area contributed by atoms with Crippen LogP contribution in [0.15, 0.2) is 18.2 Å². The summed E-state index contributed by atoms with van der Waals surface area (Å²) in [4.78, 5) is 2.49. The molecule has 1 fully saturated rings. The van der Waals surface area contributed by atoms with E-state index >= 15 is 0 Å². The Bertz CT molecular complexity index is 361. The topological polar surface area (TPSA) is 38.5 Å². The lowest BCUT2D eigenvalue weighted by molar-refractivity contribution is 0.264. The third-order valence-electron chi connectivity index (χ3n) is 3.15. The average Bonchev–Trinajstić information content (AvgIpc) is 3.11. The zero-order valence-electron chi connectivity index (χ0n) is 10.1. The van der Waals surface area contributed by atoms with E-state index in [4.69, 9.17) is 10.5 Å². The minimum Gasteiger partial charge on any atom is -0.496 e. The molecule has 2 rings (SSSR count). The minimum absolute atomic E-state index is 0.759. The largest absolute Gasteiger partial charge is 0.496 e. The highest BCUT2D eigenvalue weighted by atomic mass is 16.5. The molecule has 0 spiro atoms. The number of benzene rings is 1. The van der Waals surface area contributed by atoms with Crippen LogP contribution in [0, 0.1) is 0 Å². The van der Waals surface area contributed by atoms with Gasteiger partial charge in [0.05, 0.1) is 7.11 Å². The molecule has 0 saturated heterocycles. The highest BCUT2D eigenvalue weighted by Gasteiger charge is 2.28. The molecule has 0 aromatic heterocycles. The first-order chi connectivity index (χ1) is 7.74. The number of methoxy groups -OCH3 is 1. The zero-order valence-corrected chi connectivity index (χ0v) is 10.1. The van der Waals surface area contributed by atoms with E-state index in [0.717, 1.165) is 30.6 Å². The van der Waals surface area contributed by atoms with Crippen molar-refractivity contribution in [2.45, 2.75) is 32.4 Å². The molecular weight excluding hydrogens is 200 g/mol. The van der Waals surface area contributed by atoms with Gasteiger partial charge in [-0.05, 0) is 25.5 Å². The Morgan fingerprint density at radius 3 is 2.75 bits per heavy atom. The SMILES string of the molecule is CCN(Cc1ccc(N)cc1OC)C1CC1. The first kappa shape index (κ1) is 11.3. The molecule has 3 nitrogen and oxygen atoms in total. The van der Waals surface area contributed by atoms with Gasteiger partial charge in [0.15, 0.2) is 0 Å². The first-order valence-corrected chi connectivity index (χ1v) is 5.91. The van der Waals surface area contributed by atoms with Gasteiger partial charge in [-0.2, -0.15) is 0 Å². The molecule has 0 bridgehead atoms. The number of anilines is 1. The Labute approximate surface area is 97.2 Å². The normalized spacial score (nSPS) is 15.4. The second-order valence-corrected chi connectivity index (χ2v) is 4.37. The molecule has 3 heteroatoms. The Balaban J connectivity index is 2.12. The van der Waals surface area contributed by atoms with Gasteiger partial charge in [-0.15, -0.1) is 0 Å². The van der Waals surface area contributed by atoms with Gasteiger partial charge in [-0.1, -0.05) is 13.0 Å². The van der Waals surface area contributed by atoms with E-state index in [9.17, 15) is 0 Å². The van der Waals surface area contributed by atoms with Crippen LogP contribution in [-0.2, 0) is 6.54 Å². The van der Waals surface area contributed by atoms with Crippen molar-refractivity contribution in [2.75, 3.05) is 19.4 Å². The highest BCUT2D eigenvalue weighted by molar-refractivity contribution is 5.48. The summed E-state index contributed by atoms with van der Waals surface area (Å²) in [7, 11) is 1.70. The monoisotopic (exact) mass is 220 g/mol. The molecule has 0 heterocycles. The van der Waals surface area contributed by atoms with Gasteiger partial charge in [-0.3, -0.25) is 4.90 Å². The van der Waals surface area contributed by atoms with Crippen molar-refractivity contribution in [2.24, 2.45) is 0 Å². The number of nitrogen functional groups attached to an aromatic ring is 1. The zero-order chi connectivity index (χ0) is 11.5. The smallest absolute Gasteiger partial charge is 0.125 e. The van der Waals surface area contributed by atoms with Crippen LogP contribution in [-0.4, -0.2) is 24.6 Å². The standard InChI is InChI=1S/C13H20N2O/c1-3-15(12-6-7-12)9-10-4-5-11(14)8-13(10)16-2/h4-5,8,12H,3,6-7,9,14H2,1-2H3. The maximum Gasteiger partial charge on any atom is 0.125 e. The lowest BCUT2D eigenvalue weighted by Crippen LogP contribution is -2.25. The third kappa shape index (κ3) is 2.47. The second kappa shape index (κ2) is 4.74. The van der Waals surface area contributed by atoms with Crippen molar-refractivity contribution in [3.05, 3.63) is 23.8 Å². The van der Waals surface area contributed by atoms with Crippen LogP contribution in [0.5, 0.6) is 5.75 Å².